The number of amides is 9. The lowest BCUT2D eigenvalue weighted by Crippen LogP contribution is -2.56. The predicted molar refractivity (Wildman–Crippen MR) is 326 cm³/mol. The van der Waals surface area contributed by atoms with E-state index in [0.29, 0.717) is 24.0 Å². The molecule has 1 saturated heterocycles. The molecule has 0 unspecified atom stereocenters. The van der Waals surface area contributed by atoms with Gasteiger partial charge in [-0.15, -0.1) is 5.06 Å². The number of hydrogen-bond acceptors (Lipinski definition) is 18. The summed E-state index contributed by atoms with van der Waals surface area (Å²) >= 11 is 0. The quantitative estimate of drug-likeness (QED) is 0.0297. The number of imide groups is 1. The summed E-state index contributed by atoms with van der Waals surface area (Å²) in [5, 5.41) is 32.8. The number of aliphatic hydroxyl groups excluding tert-OH is 1. The summed E-state index contributed by atoms with van der Waals surface area (Å²) in [6, 6.07) is 6.63. The molecule has 1 aliphatic rings. The zero-order valence-corrected chi connectivity index (χ0v) is 53.1. The molecule has 9 amide bonds. The topological polar surface area (TPSA) is 397 Å². The maximum atomic E-state index is 15.5. The van der Waals surface area contributed by atoms with Gasteiger partial charge in [0.15, 0.2) is 11.6 Å². The standard InChI is InChI=1S/C63H85F2N9O19/c1-38(30-50(77)39(2)68-53(80)37-92-29-28-91-27-26-90-6)60(87)71-47(33-51(66)78)62(89)70-46(61(88)67-24-11-14-49(76)45(19-22-57(84)85)69-52(79)15-10-16-58(86)93-74-54(81)20-21-55(74)82)23-25-73(56(83)36-75)59(63(3,4)5)48-31-41(43-32-42(64)17-18-44(43)65)35-72(48)34-40-12-8-7-9-13-40/h7-9,12-13,17-18,31-32,35,38-39,45-47,59,75H,10-11,14-16,19-30,33-34,36-37H2,1-6H3,(H2,66,78)(H,67,88)(H,68,80)(H,69,79)(H,70,89)(H,71,87)(H,84,85)/t38-,39-,45+,46-,47-,59-/m0/s1. The number of halogens is 2. The number of aromatic nitrogens is 1. The summed E-state index contributed by atoms with van der Waals surface area (Å²) < 4.78 is 47.4. The van der Waals surface area contributed by atoms with Crippen molar-refractivity contribution in [2.45, 2.75) is 148 Å². The van der Waals surface area contributed by atoms with Gasteiger partial charge in [0.2, 0.25) is 41.4 Å². The Morgan fingerprint density at radius 2 is 1.39 bits per heavy atom. The van der Waals surface area contributed by atoms with Gasteiger partial charge < -0.3 is 71.0 Å². The van der Waals surface area contributed by atoms with E-state index in [2.05, 4.69) is 26.6 Å². The summed E-state index contributed by atoms with van der Waals surface area (Å²) in [5.74, 6) is -13.9. The van der Waals surface area contributed by atoms with Crippen LogP contribution in [0.1, 0.15) is 129 Å². The number of carbonyl (C=O) groups excluding carboxylic acids is 12. The molecule has 2 aromatic carbocycles. The lowest BCUT2D eigenvalue weighted by molar-refractivity contribution is -0.197. The fraction of sp³-hybridized carbons (Fsp3) is 0.540. The molecule has 510 valence electrons. The van der Waals surface area contributed by atoms with Crippen LogP contribution in [0.5, 0.6) is 0 Å². The molecule has 6 atom stereocenters. The van der Waals surface area contributed by atoms with Gasteiger partial charge in [0.1, 0.15) is 36.9 Å². The highest BCUT2D eigenvalue weighted by Gasteiger charge is 2.39. The molecule has 9 N–H and O–H groups in total. The van der Waals surface area contributed by atoms with Gasteiger partial charge in [0.05, 0.1) is 51.0 Å². The van der Waals surface area contributed by atoms with E-state index in [1.54, 1.807) is 55.8 Å². The molecule has 3 aromatic rings. The molecule has 1 fully saturated rings. The third kappa shape index (κ3) is 26.0. The van der Waals surface area contributed by atoms with Gasteiger partial charge in [0.25, 0.3) is 11.8 Å². The number of hydrogen-bond donors (Lipinski definition) is 8. The number of ketones is 2. The van der Waals surface area contributed by atoms with Crippen molar-refractivity contribution in [3.8, 4) is 11.1 Å². The highest BCUT2D eigenvalue weighted by Crippen LogP contribution is 2.41. The van der Waals surface area contributed by atoms with Crippen molar-refractivity contribution < 1.29 is 100 Å². The largest absolute Gasteiger partial charge is 0.481 e. The number of carbonyl (C=O) groups is 13. The van der Waals surface area contributed by atoms with E-state index >= 15 is 4.39 Å². The zero-order chi connectivity index (χ0) is 69.0. The normalized spacial score (nSPS) is 14.2. The lowest BCUT2D eigenvalue weighted by Gasteiger charge is -2.41. The number of carboxylic acid groups (broad SMARTS) is 1. The summed E-state index contributed by atoms with van der Waals surface area (Å²) in [6.45, 7) is 6.95. The average molecular weight is 1310 g/mol. The van der Waals surface area contributed by atoms with E-state index in [9.17, 15) is 76.9 Å². The molecule has 0 radical (unpaired) electrons. The fourth-order valence-electron chi connectivity index (χ4n) is 9.91. The predicted octanol–water partition coefficient (Wildman–Crippen LogP) is 2.00. The maximum Gasteiger partial charge on any atom is 0.333 e. The number of carboxylic acids is 1. The van der Waals surface area contributed by atoms with E-state index in [1.165, 1.54) is 25.9 Å². The number of primary amides is 1. The summed E-state index contributed by atoms with van der Waals surface area (Å²) in [5.41, 5.74) is 5.90. The highest BCUT2D eigenvalue weighted by atomic mass is 19.1. The van der Waals surface area contributed by atoms with Crippen LogP contribution in [-0.4, -0.2) is 185 Å². The molecular formula is C63H85F2N9O19. The van der Waals surface area contributed by atoms with Gasteiger partial charge in [-0.1, -0.05) is 58.0 Å². The summed E-state index contributed by atoms with van der Waals surface area (Å²) in [6.07, 6.45) is -2.72. The second kappa shape index (κ2) is 38.2. The van der Waals surface area contributed by atoms with Crippen molar-refractivity contribution in [1.29, 1.82) is 0 Å². The van der Waals surface area contributed by atoms with Crippen LogP contribution in [0.3, 0.4) is 0 Å². The van der Waals surface area contributed by atoms with Crippen molar-refractivity contribution in [3.63, 3.8) is 0 Å². The van der Waals surface area contributed by atoms with Gasteiger partial charge in [-0.05, 0) is 67.9 Å². The first-order valence-electron chi connectivity index (χ1n) is 30.4. The van der Waals surface area contributed by atoms with Crippen LogP contribution < -0.4 is 32.3 Å². The maximum absolute atomic E-state index is 15.5. The van der Waals surface area contributed by atoms with Gasteiger partial charge >= 0.3 is 11.9 Å². The van der Waals surface area contributed by atoms with Crippen LogP contribution in [0.2, 0.25) is 0 Å². The Bertz CT molecular complexity index is 3100. The molecule has 2 heterocycles. The van der Waals surface area contributed by atoms with Crippen molar-refractivity contribution in [1.82, 2.24) is 41.1 Å². The molecule has 30 heteroatoms. The van der Waals surface area contributed by atoms with Crippen molar-refractivity contribution in [3.05, 3.63) is 83.7 Å². The minimum atomic E-state index is -1.79. The molecule has 4 rings (SSSR count). The minimum absolute atomic E-state index is 0.0783. The summed E-state index contributed by atoms with van der Waals surface area (Å²) in [7, 11) is 1.51. The monoisotopic (exact) mass is 1310 g/mol. The second-order valence-corrected chi connectivity index (χ2v) is 23.3. The van der Waals surface area contributed by atoms with Gasteiger partial charge in [-0.3, -0.25) is 57.5 Å². The number of methoxy groups -OCH3 is 1. The van der Waals surface area contributed by atoms with Crippen LogP contribution in [0.4, 0.5) is 8.78 Å². The number of nitrogens with two attached hydrogens (primary N) is 1. The number of nitrogens with one attached hydrogen (secondary N) is 5. The Labute approximate surface area is 536 Å². The number of Topliss-reactive ketones (excluding diaryl/α,β-unsaturated/α-hetero) is 2. The molecule has 28 nitrogen and oxygen atoms in total. The molecular weight excluding hydrogens is 1220 g/mol. The van der Waals surface area contributed by atoms with E-state index in [-0.39, 0.29) is 82.4 Å². The number of rotatable bonds is 42. The Balaban J connectivity index is 1.60. The summed E-state index contributed by atoms with van der Waals surface area (Å²) in [4.78, 5) is 175. The molecule has 0 aliphatic carbocycles. The number of ether oxygens (including phenoxy) is 3. The van der Waals surface area contributed by atoms with E-state index in [1.807, 2.05) is 12.1 Å². The first kappa shape index (κ1) is 76.6. The zero-order valence-electron chi connectivity index (χ0n) is 53.1. The first-order valence-corrected chi connectivity index (χ1v) is 30.4. The SMILES string of the molecule is COCCOCCOCC(=O)N[C@@H](C)C(=O)C[C@H](C)C(=O)N[C@@H](CC(N)=O)C(=O)N[C@@H](CCN(C(=O)CO)[C@@H](c1cc(-c2cc(F)ccc2F)cn1Cc1ccccc1)C(C)(C)C)C(=O)NCCCC(=O)[C@@H](CCC(=O)O)NC(=O)CCCC(=O)ON1C(=O)CCC1=O. The van der Waals surface area contributed by atoms with Gasteiger partial charge in [0, 0.05) is 101 Å². The number of hydroxylamine groups is 2. The van der Waals surface area contributed by atoms with Gasteiger partial charge in [-0.2, -0.15) is 0 Å². The molecule has 93 heavy (non-hydrogen) atoms. The van der Waals surface area contributed by atoms with Crippen LogP contribution in [-0.2, 0) is 87.9 Å². The number of aliphatic hydroxyl groups is 1. The van der Waals surface area contributed by atoms with E-state index in [4.69, 9.17) is 24.8 Å². The Morgan fingerprint density at radius 1 is 0.720 bits per heavy atom. The molecule has 1 aromatic heterocycles. The van der Waals surface area contributed by atoms with E-state index < -0.39 is 182 Å². The third-order valence-corrected chi connectivity index (χ3v) is 14.7. The lowest BCUT2D eigenvalue weighted by atomic mass is 9.82. The second-order valence-electron chi connectivity index (χ2n) is 23.3. The molecule has 1 aliphatic heterocycles. The number of aliphatic carboxylic acids is 1. The van der Waals surface area contributed by atoms with E-state index in [0.717, 1.165) is 23.8 Å². The Morgan fingerprint density at radius 3 is 2.03 bits per heavy atom. The highest BCUT2D eigenvalue weighted by molar-refractivity contribution is 6.02. The van der Waals surface area contributed by atoms with Crippen molar-refractivity contribution >= 4 is 76.7 Å². The fourth-order valence-corrected chi connectivity index (χ4v) is 9.91. The van der Waals surface area contributed by atoms with Crippen LogP contribution in [0.25, 0.3) is 11.1 Å². The Hall–Kier alpha value is -8.87. The van der Waals surface area contributed by atoms with Crippen LogP contribution in [0.15, 0.2) is 60.8 Å². The van der Waals surface area contributed by atoms with Crippen LogP contribution >= 0.6 is 0 Å². The van der Waals surface area contributed by atoms with Gasteiger partial charge in [-0.25, -0.2) is 13.6 Å². The minimum Gasteiger partial charge on any atom is -0.481 e. The number of benzene rings is 2. The number of nitrogens with zero attached hydrogens (tertiary/aromatic N) is 3. The molecule has 0 spiro atoms. The third-order valence-electron chi connectivity index (χ3n) is 14.7. The smallest absolute Gasteiger partial charge is 0.333 e. The first-order chi connectivity index (χ1) is 44.0. The average Bonchev–Trinajstić information content (AvgIpc) is 1.68. The molecule has 0 bridgehead atoms. The van der Waals surface area contributed by atoms with Crippen molar-refractivity contribution in [2.24, 2.45) is 17.1 Å². The van der Waals surface area contributed by atoms with Crippen LogP contribution in [0, 0.1) is 23.0 Å². The Kier molecular flexibility index (Phi) is 31.5. The van der Waals surface area contributed by atoms with Crippen molar-refractivity contribution in [2.75, 3.05) is 59.8 Å². The molecule has 0 saturated carbocycles.